The average Bonchev–Trinajstić information content (AvgIpc) is 3.44. The molecular weight excluding hydrogens is 508 g/mol. The van der Waals surface area contributed by atoms with Crippen molar-refractivity contribution in [3.8, 4) is 17.2 Å². The maximum Gasteiger partial charge on any atom is 0.337 e. The molecule has 1 aliphatic heterocycles. The first kappa shape index (κ1) is 26.5. The number of likely N-dealkylation sites (tertiary alicyclic amines) is 1. The Morgan fingerprint density at radius 3 is 2.12 bits per heavy atom. The predicted molar refractivity (Wildman–Crippen MR) is 150 cm³/mol. The summed E-state index contributed by atoms with van der Waals surface area (Å²) in [5.41, 5.74) is 1.75. The number of rotatable bonds is 9. The van der Waals surface area contributed by atoms with E-state index in [9.17, 15) is 19.5 Å². The van der Waals surface area contributed by atoms with Gasteiger partial charge in [-0.2, -0.15) is 0 Å². The summed E-state index contributed by atoms with van der Waals surface area (Å²) in [6.07, 6.45) is 0.796. The number of carbonyl (C=O) groups is 3. The normalized spacial score (nSPS) is 14.4. The van der Waals surface area contributed by atoms with Crippen molar-refractivity contribution in [3.05, 3.63) is 120 Å². The highest BCUT2D eigenvalue weighted by Gasteiger charge is 2.28. The third-order valence-corrected chi connectivity index (χ3v) is 6.53. The number of hydrogen-bond donors (Lipinski definition) is 2. The van der Waals surface area contributed by atoms with Crippen LogP contribution >= 0.6 is 0 Å². The molecule has 8 heteroatoms. The summed E-state index contributed by atoms with van der Waals surface area (Å²) in [5.74, 6) is 0.559. The summed E-state index contributed by atoms with van der Waals surface area (Å²) in [6.45, 7) is 1.20. The van der Waals surface area contributed by atoms with Crippen molar-refractivity contribution in [2.75, 3.05) is 18.4 Å². The maximum atomic E-state index is 12.7. The van der Waals surface area contributed by atoms with Gasteiger partial charge in [0.25, 0.3) is 5.91 Å². The van der Waals surface area contributed by atoms with Crippen LogP contribution in [-0.4, -0.2) is 47.0 Å². The molecule has 1 fully saturated rings. The zero-order chi connectivity index (χ0) is 27.9. The van der Waals surface area contributed by atoms with E-state index in [0.717, 1.165) is 12.0 Å². The second kappa shape index (κ2) is 12.2. The lowest BCUT2D eigenvalue weighted by Gasteiger charge is -2.17. The summed E-state index contributed by atoms with van der Waals surface area (Å²) < 4.78 is 12.0. The molecular formula is C32H28N2O6. The van der Waals surface area contributed by atoms with Gasteiger partial charge in [-0.3, -0.25) is 9.59 Å². The third kappa shape index (κ3) is 6.66. The second-order valence-corrected chi connectivity index (χ2v) is 9.44. The van der Waals surface area contributed by atoms with E-state index in [0.29, 0.717) is 35.9 Å². The smallest absolute Gasteiger partial charge is 0.337 e. The Balaban J connectivity index is 1.10. The molecule has 4 aromatic rings. The van der Waals surface area contributed by atoms with Crippen LogP contribution in [0.25, 0.3) is 0 Å². The number of para-hydroxylation sites is 1. The number of carboxylic acid groups (broad SMARTS) is 1. The number of carboxylic acids is 1. The molecule has 1 heterocycles. The van der Waals surface area contributed by atoms with E-state index >= 15 is 0 Å². The van der Waals surface area contributed by atoms with Gasteiger partial charge in [0.05, 0.1) is 24.2 Å². The second-order valence-electron chi connectivity index (χ2n) is 9.44. The van der Waals surface area contributed by atoms with E-state index in [4.69, 9.17) is 9.47 Å². The summed E-state index contributed by atoms with van der Waals surface area (Å²) in [5, 5.41) is 11.9. The van der Waals surface area contributed by atoms with E-state index < -0.39 is 5.97 Å². The number of amides is 2. The quantitative estimate of drug-likeness (QED) is 0.286. The van der Waals surface area contributed by atoms with Crippen molar-refractivity contribution in [3.63, 3.8) is 0 Å². The van der Waals surface area contributed by atoms with Crippen molar-refractivity contribution >= 4 is 23.5 Å². The molecule has 4 aromatic carbocycles. The first-order valence-electron chi connectivity index (χ1n) is 12.9. The standard InChI is InChI=1S/C32H28N2O6/c35-30(33-29-9-5-4-8-28(29)32(37)38)20-22-10-12-24(13-11-22)39-25-14-16-26(17-15-25)40-27-18-19-34(21-27)31(36)23-6-2-1-3-7-23/h1-17,27H,18-21H2,(H,33,35)(H,37,38)/t27-/m0/s1. The molecule has 0 unspecified atom stereocenters. The van der Waals surface area contributed by atoms with Crippen LogP contribution in [0.1, 0.15) is 32.7 Å². The first-order chi connectivity index (χ1) is 19.4. The van der Waals surface area contributed by atoms with Gasteiger partial charge in [-0.15, -0.1) is 0 Å². The van der Waals surface area contributed by atoms with Gasteiger partial charge in [0.15, 0.2) is 0 Å². The predicted octanol–water partition coefficient (Wildman–Crippen LogP) is 5.65. The minimum atomic E-state index is -1.10. The summed E-state index contributed by atoms with van der Waals surface area (Å²) in [4.78, 5) is 38.3. The number of benzene rings is 4. The molecule has 0 aliphatic carbocycles. The Bertz CT molecular complexity index is 1490. The van der Waals surface area contributed by atoms with Crippen molar-refractivity contribution in [2.24, 2.45) is 0 Å². The van der Waals surface area contributed by atoms with Gasteiger partial charge in [-0.05, 0) is 66.2 Å². The number of nitrogens with zero attached hydrogens (tertiary/aromatic N) is 1. The van der Waals surface area contributed by atoms with Gasteiger partial charge in [-0.1, -0.05) is 42.5 Å². The average molecular weight is 537 g/mol. The molecule has 2 N–H and O–H groups in total. The molecule has 1 saturated heterocycles. The van der Waals surface area contributed by atoms with Crippen LogP contribution < -0.4 is 14.8 Å². The highest BCUT2D eigenvalue weighted by atomic mass is 16.5. The molecule has 40 heavy (non-hydrogen) atoms. The number of anilines is 1. The van der Waals surface area contributed by atoms with Crippen LogP contribution in [0.5, 0.6) is 17.2 Å². The monoisotopic (exact) mass is 536 g/mol. The van der Waals surface area contributed by atoms with Crippen molar-refractivity contribution in [1.29, 1.82) is 0 Å². The summed E-state index contributed by atoms with van der Waals surface area (Å²) in [6, 6.07) is 30.0. The molecule has 0 bridgehead atoms. The van der Waals surface area contributed by atoms with E-state index in [1.54, 1.807) is 42.5 Å². The highest BCUT2D eigenvalue weighted by Crippen LogP contribution is 2.26. The fourth-order valence-corrected chi connectivity index (χ4v) is 4.52. The molecule has 202 valence electrons. The zero-order valence-corrected chi connectivity index (χ0v) is 21.7. The molecule has 0 spiro atoms. The van der Waals surface area contributed by atoms with Gasteiger partial charge < -0.3 is 24.8 Å². The maximum absolute atomic E-state index is 12.7. The third-order valence-electron chi connectivity index (χ3n) is 6.53. The fraction of sp³-hybridized carbons (Fsp3) is 0.156. The van der Waals surface area contributed by atoms with Gasteiger partial charge in [0, 0.05) is 18.5 Å². The minimum absolute atomic E-state index is 0.0191. The Kier molecular flexibility index (Phi) is 8.06. The lowest BCUT2D eigenvalue weighted by Crippen LogP contribution is -2.30. The van der Waals surface area contributed by atoms with Crippen molar-refractivity contribution in [1.82, 2.24) is 4.90 Å². The Hall–Kier alpha value is -5.11. The van der Waals surface area contributed by atoms with E-state index in [2.05, 4.69) is 5.32 Å². The SMILES string of the molecule is O=C(Cc1ccc(Oc2ccc(O[C@H]3CCN(C(=O)c4ccccc4)C3)cc2)cc1)Nc1ccccc1C(=O)O. The van der Waals surface area contributed by atoms with E-state index in [-0.39, 0.29) is 35.6 Å². The zero-order valence-electron chi connectivity index (χ0n) is 21.7. The number of hydrogen-bond acceptors (Lipinski definition) is 5. The lowest BCUT2D eigenvalue weighted by molar-refractivity contribution is -0.115. The molecule has 0 radical (unpaired) electrons. The number of aromatic carboxylic acids is 1. The van der Waals surface area contributed by atoms with Crippen LogP contribution in [0.3, 0.4) is 0 Å². The van der Waals surface area contributed by atoms with Crippen LogP contribution in [0.2, 0.25) is 0 Å². The topological polar surface area (TPSA) is 105 Å². The highest BCUT2D eigenvalue weighted by molar-refractivity contribution is 6.01. The lowest BCUT2D eigenvalue weighted by atomic mass is 10.1. The Morgan fingerprint density at radius 1 is 0.800 bits per heavy atom. The molecule has 8 nitrogen and oxygen atoms in total. The molecule has 0 aromatic heterocycles. The fourth-order valence-electron chi connectivity index (χ4n) is 4.52. The number of nitrogens with one attached hydrogen (secondary N) is 1. The van der Waals surface area contributed by atoms with Gasteiger partial charge >= 0.3 is 5.97 Å². The molecule has 1 aliphatic rings. The van der Waals surface area contributed by atoms with Crippen LogP contribution in [0.15, 0.2) is 103 Å². The Morgan fingerprint density at radius 2 is 1.43 bits per heavy atom. The number of ether oxygens (including phenoxy) is 2. The van der Waals surface area contributed by atoms with Crippen LogP contribution in [-0.2, 0) is 11.2 Å². The van der Waals surface area contributed by atoms with E-state index in [1.807, 2.05) is 59.5 Å². The first-order valence-corrected chi connectivity index (χ1v) is 12.9. The minimum Gasteiger partial charge on any atom is -0.489 e. The van der Waals surface area contributed by atoms with Gasteiger partial charge in [0.1, 0.15) is 23.4 Å². The van der Waals surface area contributed by atoms with Crippen LogP contribution in [0.4, 0.5) is 5.69 Å². The van der Waals surface area contributed by atoms with Crippen molar-refractivity contribution in [2.45, 2.75) is 18.9 Å². The number of carbonyl (C=O) groups excluding carboxylic acids is 2. The molecule has 5 rings (SSSR count). The summed E-state index contributed by atoms with van der Waals surface area (Å²) in [7, 11) is 0. The van der Waals surface area contributed by atoms with Gasteiger partial charge in [-0.25, -0.2) is 4.79 Å². The molecule has 2 amide bonds. The van der Waals surface area contributed by atoms with Gasteiger partial charge in [0.2, 0.25) is 5.91 Å². The summed E-state index contributed by atoms with van der Waals surface area (Å²) >= 11 is 0. The molecule has 1 atom stereocenters. The van der Waals surface area contributed by atoms with Crippen molar-refractivity contribution < 1.29 is 29.0 Å². The van der Waals surface area contributed by atoms with Crippen LogP contribution in [0, 0.1) is 0 Å². The Labute approximate surface area is 231 Å². The van der Waals surface area contributed by atoms with E-state index in [1.165, 1.54) is 6.07 Å². The largest absolute Gasteiger partial charge is 0.489 e. The molecule has 0 saturated carbocycles.